The van der Waals surface area contributed by atoms with Gasteiger partial charge < -0.3 is 9.88 Å². The first-order valence-electron chi connectivity index (χ1n) is 7.18. The average molecular weight is 263 g/mol. The number of nitrogens with one attached hydrogen (secondary N) is 1. The van der Waals surface area contributed by atoms with Crippen LogP contribution >= 0.6 is 0 Å². The molecule has 0 spiro atoms. The number of hydrogen-bond acceptors (Lipinski definition) is 3. The lowest BCUT2D eigenvalue weighted by Crippen LogP contribution is -2.62. The Bertz CT molecular complexity index is 470. The van der Waals surface area contributed by atoms with Crippen LogP contribution in [0.25, 0.3) is 0 Å². The van der Waals surface area contributed by atoms with E-state index < -0.39 is 0 Å². The average Bonchev–Trinajstić information content (AvgIpc) is 2.42. The quantitative estimate of drug-likeness (QED) is 0.890. The highest BCUT2D eigenvalue weighted by molar-refractivity contribution is 4.95. The zero-order valence-electron chi connectivity index (χ0n) is 12.2. The van der Waals surface area contributed by atoms with Crippen LogP contribution in [0.4, 0.5) is 0 Å². The highest BCUT2D eigenvalue weighted by Gasteiger charge is 2.32. The minimum Gasteiger partial charge on any atom is -0.314 e. The second-order valence-corrected chi connectivity index (χ2v) is 5.85. The minimum absolute atomic E-state index is 0.0866. The van der Waals surface area contributed by atoms with E-state index in [9.17, 15) is 4.79 Å². The van der Waals surface area contributed by atoms with E-state index in [0.29, 0.717) is 6.04 Å². The molecule has 0 radical (unpaired) electrons. The maximum Gasteiger partial charge on any atom is 0.250 e. The molecule has 2 atom stereocenters. The molecule has 0 amide bonds. The van der Waals surface area contributed by atoms with E-state index in [1.165, 1.54) is 0 Å². The van der Waals surface area contributed by atoms with Gasteiger partial charge in [0, 0.05) is 50.0 Å². The van der Waals surface area contributed by atoms with Crippen LogP contribution in [0.3, 0.4) is 0 Å². The molecule has 1 saturated heterocycles. The predicted octanol–water partition coefficient (Wildman–Crippen LogP) is 1.31. The summed E-state index contributed by atoms with van der Waals surface area (Å²) in [6.45, 7) is 10.5. The molecule has 0 aromatic carbocycles. The molecule has 0 aliphatic carbocycles. The standard InChI is InChI=1S/C15H25N3O/c1-4-15(3)12-18(13(2)11-16-15)10-9-17-8-6-5-7-14(17)19/h5-8,13,16H,4,9-12H2,1-3H3. The van der Waals surface area contributed by atoms with E-state index in [0.717, 1.165) is 32.6 Å². The highest BCUT2D eigenvalue weighted by atomic mass is 16.1. The minimum atomic E-state index is 0.0866. The Morgan fingerprint density at radius 2 is 2.21 bits per heavy atom. The van der Waals surface area contributed by atoms with Gasteiger partial charge in [0.05, 0.1) is 0 Å². The summed E-state index contributed by atoms with van der Waals surface area (Å²) in [6, 6.07) is 5.86. The van der Waals surface area contributed by atoms with Gasteiger partial charge in [-0.3, -0.25) is 9.69 Å². The lowest BCUT2D eigenvalue weighted by Gasteiger charge is -2.45. The Balaban J connectivity index is 1.98. The first kappa shape index (κ1) is 14.3. The molecule has 4 heteroatoms. The van der Waals surface area contributed by atoms with Gasteiger partial charge in [-0.05, 0) is 26.3 Å². The van der Waals surface area contributed by atoms with Crippen molar-refractivity contribution in [2.24, 2.45) is 0 Å². The number of piperazine rings is 1. The van der Waals surface area contributed by atoms with Crippen LogP contribution < -0.4 is 10.9 Å². The van der Waals surface area contributed by atoms with Gasteiger partial charge in [-0.25, -0.2) is 0 Å². The van der Waals surface area contributed by atoms with Crippen LogP contribution in [0.15, 0.2) is 29.2 Å². The molecular formula is C15H25N3O. The second-order valence-electron chi connectivity index (χ2n) is 5.85. The van der Waals surface area contributed by atoms with E-state index in [4.69, 9.17) is 0 Å². The lowest BCUT2D eigenvalue weighted by molar-refractivity contribution is 0.0895. The molecule has 106 valence electrons. The SMILES string of the molecule is CCC1(C)CN(CCn2ccccc2=O)C(C)CN1. The first-order chi connectivity index (χ1) is 9.04. The van der Waals surface area contributed by atoms with E-state index in [1.807, 2.05) is 12.3 Å². The molecule has 1 fully saturated rings. The molecule has 1 aliphatic rings. The van der Waals surface area contributed by atoms with Gasteiger partial charge in [0.15, 0.2) is 0 Å². The molecule has 2 rings (SSSR count). The molecule has 1 aliphatic heterocycles. The molecule has 1 aromatic rings. The molecule has 2 unspecified atom stereocenters. The summed E-state index contributed by atoms with van der Waals surface area (Å²) < 4.78 is 1.79. The van der Waals surface area contributed by atoms with Gasteiger partial charge in [0.2, 0.25) is 0 Å². The summed E-state index contributed by atoms with van der Waals surface area (Å²) in [5.41, 5.74) is 0.289. The largest absolute Gasteiger partial charge is 0.314 e. The molecule has 4 nitrogen and oxygen atoms in total. The molecule has 2 heterocycles. The molecule has 19 heavy (non-hydrogen) atoms. The van der Waals surface area contributed by atoms with Crippen LogP contribution in [0.1, 0.15) is 27.2 Å². The number of rotatable bonds is 4. The van der Waals surface area contributed by atoms with Crippen molar-refractivity contribution in [1.82, 2.24) is 14.8 Å². The fourth-order valence-corrected chi connectivity index (χ4v) is 2.60. The topological polar surface area (TPSA) is 37.3 Å². The van der Waals surface area contributed by atoms with Crippen LogP contribution in [-0.4, -0.2) is 40.7 Å². The predicted molar refractivity (Wildman–Crippen MR) is 78.4 cm³/mol. The monoisotopic (exact) mass is 263 g/mol. The van der Waals surface area contributed by atoms with E-state index in [-0.39, 0.29) is 11.1 Å². The normalized spacial score (nSPS) is 28.5. The summed E-state index contributed by atoms with van der Waals surface area (Å²) in [5, 5.41) is 3.62. The smallest absolute Gasteiger partial charge is 0.250 e. The van der Waals surface area contributed by atoms with Gasteiger partial charge in [-0.1, -0.05) is 13.0 Å². The van der Waals surface area contributed by atoms with Gasteiger partial charge in [-0.15, -0.1) is 0 Å². The summed E-state index contributed by atoms with van der Waals surface area (Å²) in [7, 11) is 0. The summed E-state index contributed by atoms with van der Waals surface area (Å²) >= 11 is 0. The van der Waals surface area contributed by atoms with Crippen molar-refractivity contribution in [2.75, 3.05) is 19.6 Å². The number of aromatic nitrogens is 1. The van der Waals surface area contributed by atoms with Crippen molar-refractivity contribution in [3.8, 4) is 0 Å². The lowest BCUT2D eigenvalue weighted by atomic mass is 9.94. The van der Waals surface area contributed by atoms with Gasteiger partial charge in [0.1, 0.15) is 0 Å². The third-order valence-electron chi connectivity index (χ3n) is 4.31. The Hall–Kier alpha value is -1.13. The van der Waals surface area contributed by atoms with Crippen molar-refractivity contribution in [1.29, 1.82) is 0 Å². The van der Waals surface area contributed by atoms with Crippen molar-refractivity contribution in [2.45, 2.75) is 45.3 Å². The Morgan fingerprint density at radius 1 is 1.42 bits per heavy atom. The van der Waals surface area contributed by atoms with Crippen LogP contribution in [-0.2, 0) is 6.54 Å². The van der Waals surface area contributed by atoms with Crippen molar-refractivity contribution < 1.29 is 0 Å². The number of pyridine rings is 1. The van der Waals surface area contributed by atoms with E-state index >= 15 is 0 Å². The maximum absolute atomic E-state index is 11.7. The number of nitrogens with zero attached hydrogens (tertiary/aromatic N) is 2. The first-order valence-corrected chi connectivity index (χ1v) is 7.18. The Labute approximate surface area is 115 Å². The zero-order chi connectivity index (χ0) is 13.9. The zero-order valence-corrected chi connectivity index (χ0v) is 12.2. The van der Waals surface area contributed by atoms with Gasteiger partial charge in [0.25, 0.3) is 5.56 Å². The number of hydrogen-bond donors (Lipinski definition) is 1. The van der Waals surface area contributed by atoms with E-state index in [2.05, 4.69) is 31.0 Å². The van der Waals surface area contributed by atoms with Gasteiger partial charge >= 0.3 is 0 Å². The molecule has 0 bridgehead atoms. The summed E-state index contributed by atoms with van der Waals surface area (Å²) in [6.07, 6.45) is 3.00. The third kappa shape index (κ3) is 3.45. The Kier molecular flexibility index (Phi) is 4.42. The molecule has 1 N–H and O–H groups in total. The fraction of sp³-hybridized carbons (Fsp3) is 0.667. The van der Waals surface area contributed by atoms with Crippen LogP contribution in [0, 0.1) is 0 Å². The highest BCUT2D eigenvalue weighted by Crippen LogP contribution is 2.18. The van der Waals surface area contributed by atoms with Crippen molar-refractivity contribution in [3.63, 3.8) is 0 Å². The second kappa shape index (κ2) is 5.88. The third-order valence-corrected chi connectivity index (χ3v) is 4.31. The summed E-state index contributed by atoms with van der Waals surface area (Å²) in [4.78, 5) is 14.2. The molecule has 0 saturated carbocycles. The van der Waals surface area contributed by atoms with Crippen molar-refractivity contribution in [3.05, 3.63) is 34.7 Å². The Morgan fingerprint density at radius 3 is 2.89 bits per heavy atom. The molecular weight excluding hydrogens is 238 g/mol. The summed E-state index contributed by atoms with van der Waals surface area (Å²) in [5.74, 6) is 0. The van der Waals surface area contributed by atoms with Crippen LogP contribution in [0.5, 0.6) is 0 Å². The van der Waals surface area contributed by atoms with Crippen molar-refractivity contribution >= 4 is 0 Å². The van der Waals surface area contributed by atoms with Gasteiger partial charge in [-0.2, -0.15) is 0 Å². The molecule has 1 aromatic heterocycles. The van der Waals surface area contributed by atoms with Crippen LogP contribution in [0.2, 0.25) is 0 Å². The maximum atomic E-state index is 11.7. The van der Waals surface area contributed by atoms with E-state index in [1.54, 1.807) is 16.7 Å². The fourth-order valence-electron chi connectivity index (χ4n) is 2.60.